The Hall–Kier alpha value is 0.327. The van der Waals surface area contributed by atoms with E-state index in [2.05, 4.69) is 27.7 Å². The number of hydrogen-bond donors (Lipinski definition) is 0. The molecule has 0 fully saturated rings. The Bertz CT molecular complexity index is 344. The van der Waals surface area contributed by atoms with Crippen LogP contribution in [0.1, 0.15) is 79.1 Å². The van der Waals surface area contributed by atoms with E-state index in [0.29, 0.717) is 24.2 Å². The molecule has 0 N–H and O–H groups in total. The second kappa shape index (κ2) is 13.5. The van der Waals surface area contributed by atoms with E-state index in [1.807, 2.05) is 0 Å². The molecule has 0 radical (unpaired) electrons. The van der Waals surface area contributed by atoms with Crippen LogP contribution in [0, 0.1) is 11.8 Å². The normalized spacial score (nSPS) is 17.2. The molecule has 0 aliphatic carbocycles. The maximum atomic E-state index is 14.3. The summed E-state index contributed by atoms with van der Waals surface area (Å²) in [6.45, 7) is 6.11. The summed E-state index contributed by atoms with van der Waals surface area (Å²) in [7, 11) is 1.66. The first kappa shape index (κ1) is 25.3. The van der Waals surface area contributed by atoms with Crippen molar-refractivity contribution in [3.05, 3.63) is 0 Å². The Morgan fingerprint density at radius 3 is 1.36 bits per heavy atom. The zero-order valence-electron chi connectivity index (χ0n) is 17.8. The van der Waals surface area contributed by atoms with Crippen molar-refractivity contribution < 1.29 is 17.8 Å². The Labute approximate surface area is 158 Å². The summed E-state index contributed by atoms with van der Waals surface area (Å²) in [5, 5.41) is 0. The fourth-order valence-corrected chi connectivity index (χ4v) is 14.2. The summed E-state index contributed by atoms with van der Waals surface area (Å²) in [6.07, 6.45) is 10.5. The minimum atomic E-state index is -3.15. The van der Waals surface area contributed by atoms with E-state index in [1.54, 1.807) is 21.3 Å². The van der Waals surface area contributed by atoms with Crippen molar-refractivity contribution >= 4 is 15.2 Å². The number of unbranched alkanes of at least 4 members (excludes halogenated alkanes) is 2. The maximum absolute atomic E-state index is 14.3. The summed E-state index contributed by atoms with van der Waals surface area (Å²) >= 11 is 0. The predicted molar refractivity (Wildman–Crippen MR) is 111 cm³/mol. The van der Waals surface area contributed by atoms with Crippen molar-refractivity contribution in [3.63, 3.8) is 0 Å². The third-order valence-electron chi connectivity index (χ3n) is 5.47. The van der Waals surface area contributed by atoms with Crippen molar-refractivity contribution in [3.8, 4) is 0 Å². The van der Waals surface area contributed by atoms with Crippen LogP contribution in [0.25, 0.3) is 0 Å². The smallest absolute Gasteiger partial charge is 0.372 e. The molecule has 152 valence electrons. The van der Waals surface area contributed by atoms with E-state index in [-0.39, 0.29) is 0 Å². The fourth-order valence-electron chi connectivity index (χ4n) is 3.72. The molecule has 0 aromatic heterocycles. The van der Waals surface area contributed by atoms with E-state index in [9.17, 15) is 4.57 Å². The van der Waals surface area contributed by atoms with Gasteiger partial charge in [-0.3, -0.25) is 0 Å². The molecule has 0 aliphatic heterocycles. The number of hydrogen-bond acceptors (Lipinski definition) is 4. The van der Waals surface area contributed by atoms with Crippen molar-refractivity contribution in [1.29, 1.82) is 0 Å². The average molecular weight is 395 g/mol. The highest BCUT2D eigenvalue weighted by molar-refractivity contribution is 7.96. The predicted octanol–water partition coefficient (Wildman–Crippen LogP) is 6.16. The molecule has 0 spiro atoms. The molecule has 0 heterocycles. The topological polar surface area (TPSA) is 44.8 Å². The van der Waals surface area contributed by atoms with Gasteiger partial charge >= 0.3 is 8.47 Å². The SMILES string of the molecule is CCCCC(CC)CP(=O)(CC(CC)CCCC)[Si](OC)(OC)OC. The van der Waals surface area contributed by atoms with Crippen LogP contribution in [0.3, 0.4) is 0 Å². The van der Waals surface area contributed by atoms with Crippen molar-refractivity contribution in [2.24, 2.45) is 11.8 Å². The Morgan fingerprint density at radius 2 is 1.12 bits per heavy atom. The molecule has 2 atom stereocenters. The lowest BCUT2D eigenvalue weighted by Crippen LogP contribution is -2.46. The Kier molecular flexibility index (Phi) is 13.7. The van der Waals surface area contributed by atoms with Gasteiger partial charge in [0.25, 0.3) is 0 Å². The molecular weight excluding hydrogens is 351 g/mol. The minimum Gasteiger partial charge on any atom is -0.372 e. The molecule has 0 aliphatic rings. The second-order valence-corrected chi connectivity index (χ2v) is 16.1. The molecule has 6 heteroatoms. The van der Waals surface area contributed by atoms with Gasteiger partial charge in [-0.05, 0) is 11.8 Å². The second-order valence-electron chi connectivity index (χ2n) is 7.22. The lowest BCUT2D eigenvalue weighted by Gasteiger charge is -2.36. The first-order chi connectivity index (χ1) is 11.9. The van der Waals surface area contributed by atoms with Gasteiger partial charge in [-0.15, -0.1) is 0 Å². The molecule has 0 aromatic rings. The van der Waals surface area contributed by atoms with Crippen LogP contribution in [-0.2, 0) is 17.8 Å². The van der Waals surface area contributed by atoms with Crippen LogP contribution >= 0.6 is 6.69 Å². The van der Waals surface area contributed by atoms with Gasteiger partial charge in [0.1, 0.15) is 0 Å². The third kappa shape index (κ3) is 7.46. The van der Waals surface area contributed by atoms with Gasteiger partial charge in [0, 0.05) is 33.7 Å². The molecular formula is C19H43O4PSi. The van der Waals surface area contributed by atoms with E-state index >= 15 is 0 Å². The molecule has 0 bridgehead atoms. The lowest BCUT2D eigenvalue weighted by atomic mass is 10.0. The van der Waals surface area contributed by atoms with E-state index in [4.69, 9.17) is 13.3 Å². The zero-order valence-corrected chi connectivity index (χ0v) is 19.7. The first-order valence-electron chi connectivity index (χ1n) is 10.2. The highest BCUT2D eigenvalue weighted by atomic mass is 31.4. The van der Waals surface area contributed by atoms with Crippen LogP contribution in [0.4, 0.5) is 0 Å². The van der Waals surface area contributed by atoms with Gasteiger partial charge in [-0.25, -0.2) is 0 Å². The highest BCUT2D eigenvalue weighted by Gasteiger charge is 2.57. The Morgan fingerprint density at radius 1 is 0.760 bits per heavy atom. The van der Waals surface area contributed by atoms with E-state index < -0.39 is 15.2 Å². The van der Waals surface area contributed by atoms with Gasteiger partial charge in [-0.2, -0.15) is 0 Å². The number of rotatable bonds is 16. The minimum absolute atomic E-state index is 0.460. The summed E-state index contributed by atoms with van der Waals surface area (Å²) in [4.78, 5) is 0. The van der Waals surface area contributed by atoms with Crippen molar-refractivity contribution in [2.45, 2.75) is 79.1 Å². The Balaban J connectivity index is 5.57. The summed E-state index contributed by atoms with van der Waals surface area (Å²) in [5.41, 5.74) is 0. The fraction of sp³-hybridized carbons (Fsp3) is 1.00. The molecule has 0 saturated heterocycles. The summed E-state index contributed by atoms with van der Waals surface area (Å²) in [6, 6.07) is 0. The molecule has 0 rings (SSSR count). The standard InChI is InChI=1S/C19H43O4PSi/c1-8-12-14-18(10-3)16-24(20,25(21-5,22-6)23-7)17-19(11-4)15-13-9-2/h18-19H,8-17H2,1-7H3. The quantitative estimate of drug-likeness (QED) is 0.232. The summed E-state index contributed by atoms with van der Waals surface area (Å²) < 4.78 is 31.5. The van der Waals surface area contributed by atoms with Crippen LogP contribution < -0.4 is 0 Å². The molecule has 2 unspecified atom stereocenters. The van der Waals surface area contributed by atoms with Crippen LogP contribution in [0.5, 0.6) is 0 Å². The van der Waals surface area contributed by atoms with E-state index in [1.165, 1.54) is 25.7 Å². The van der Waals surface area contributed by atoms with Crippen molar-refractivity contribution in [2.75, 3.05) is 33.7 Å². The van der Waals surface area contributed by atoms with Crippen molar-refractivity contribution in [1.82, 2.24) is 0 Å². The summed E-state index contributed by atoms with van der Waals surface area (Å²) in [5.74, 6) is 0.920. The highest BCUT2D eigenvalue weighted by Crippen LogP contribution is 2.59. The monoisotopic (exact) mass is 394 g/mol. The molecule has 4 nitrogen and oxygen atoms in total. The molecule has 25 heavy (non-hydrogen) atoms. The molecule has 0 saturated carbocycles. The van der Waals surface area contributed by atoms with Gasteiger partial charge in [-0.1, -0.05) is 79.1 Å². The zero-order chi connectivity index (χ0) is 19.3. The van der Waals surface area contributed by atoms with Crippen LogP contribution in [0.2, 0.25) is 0 Å². The van der Waals surface area contributed by atoms with Gasteiger partial charge in [0.05, 0.1) is 0 Å². The van der Waals surface area contributed by atoms with Gasteiger partial charge in [0.15, 0.2) is 6.69 Å². The van der Waals surface area contributed by atoms with Gasteiger partial charge < -0.3 is 17.8 Å². The van der Waals surface area contributed by atoms with Crippen LogP contribution in [-0.4, -0.2) is 42.1 Å². The molecule has 0 amide bonds. The van der Waals surface area contributed by atoms with E-state index in [0.717, 1.165) is 25.7 Å². The maximum Gasteiger partial charge on any atom is 0.565 e. The lowest BCUT2D eigenvalue weighted by molar-refractivity contribution is 0.147. The third-order valence-corrected chi connectivity index (χ3v) is 16.0. The molecule has 0 aromatic carbocycles. The largest absolute Gasteiger partial charge is 0.565 e. The average Bonchev–Trinajstić information content (AvgIpc) is 2.63. The first-order valence-corrected chi connectivity index (χ1v) is 14.8. The van der Waals surface area contributed by atoms with Gasteiger partial charge in [0.2, 0.25) is 0 Å². The van der Waals surface area contributed by atoms with Crippen LogP contribution in [0.15, 0.2) is 0 Å².